The number of benzene rings is 1. The number of ether oxygens (including phenoxy) is 1. The fraction of sp³-hybridized carbons (Fsp3) is 0.474. The molecule has 2 aromatic rings. The Hall–Kier alpha value is -2.30. The molecule has 1 fully saturated rings. The lowest BCUT2D eigenvalue weighted by Gasteiger charge is -2.24. The molecule has 1 aromatic heterocycles. The molecular formula is C19H25N3O2. The van der Waals surface area contributed by atoms with Crippen LogP contribution in [0.5, 0.6) is 5.75 Å². The van der Waals surface area contributed by atoms with E-state index in [0.29, 0.717) is 19.1 Å². The summed E-state index contributed by atoms with van der Waals surface area (Å²) in [5, 5.41) is 3.22. The Balaban J connectivity index is 1.45. The van der Waals surface area contributed by atoms with E-state index in [1.807, 2.05) is 49.8 Å². The molecule has 1 heterocycles. The standard InChI is InChI=1S/C19H25N3O2/c1-15(10-13-24-16-6-3-2-4-7-16)19(23)21-17-8-5-9-18(17)22-12-11-20-14-22/h2-4,6-7,11-12,14-15,17-18H,5,8-10,13H2,1H3,(H,21,23). The Labute approximate surface area is 143 Å². The first-order chi connectivity index (χ1) is 11.7. The predicted molar refractivity (Wildman–Crippen MR) is 92.8 cm³/mol. The van der Waals surface area contributed by atoms with E-state index in [9.17, 15) is 4.79 Å². The van der Waals surface area contributed by atoms with Crippen LogP contribution in [0.4, 0.5) is 0 Å². The van der Waals surface area contributed by atoms with Gasteiger partial charge in [-0.05, 0) is 37.8 Å². The fourth-order valence-corrected chi connectivity index (χ4v) is 3.26. The molecule has 5 nitrogen and oxygen atoms in total. The largest absolute Gasteiger partial charge is 0.494 e. The van der Waals surface area contributed by atoms with Gasteiger partial charge < -0.3 is 14.6 Å². The van der Waals surface area contributed by atoms with Crippen molar-refractivity contribution in [3.8, 4) is 5.75 Å². The van der Waals surface area contributed by atoms with Gasteiger partial charge in [-0.15, -0.1) is 0 Å². The van der Waals surface area contributed by atoms with Gasteiger partial charge in [0, 0.05) is 24.4 Å². The van der Waals surface area contributed by atoms with Crippen molar-refractivity contribution in [2.45, 2.75) is 44.7 Å². The molecule has 1 saturated carbocycles. The molecule has 0 spiro atoms. The summed E-state index contributed by atoms with van der Waals surface area (Å²) in [6.07, 6.45) is 9.58. The van der Waals surface area contributed by atoms with Crippen LogP contribution in [0.15, 0.2) is 49.1 Å². The second-order valence-electron chi connectivity index (χ2n) is 6.47. The highest BCUT2D eigenvalue weighted by molar-refractivity contribution is 5.78. The molecule has 0 saturated heterocycles. The van der Waals surface area contributed by atoms with Crippen molar-refractivity contribution in [1.29, 1.82) is 0 Å². The third-order valence-electron chi connectivity index (χ3n) is 4.73. The van der Waals surface area contributed by atoms with Gasteiger partial charge in [0.1, 0.15) is 5.75 Å². The summed E-state index contributed by atoms with van der Waals surface area (Å²) in [4.78, 5) is 16.6. The van der Waals surface area contributed by atoms with E-state index < -0.39 is 0 Å². The van der Waals surface area contributed by atoms with Crippen molar-refractivity contribution in [2.75, 3.05) is 6.61 Å². The first-order valence-electron chi connectivity index (χ1n) is 8.69. The summed E-state index contributed by atoms with van der Waals surface area (Å²) in [7, 11) is 0. The van der Waals surface area contributed by atoms with Gasteiger partial charge in [-0.25, -0.2) is 4.98 Å². The number of nitrogens with one attached hydrogen (secondary N) is 1. The Kier molecular flexibility index (Phi) is 5.51. The van der Waals surface area contributed by atoms with E-state index in [1.54, 1.807) is 6.20 Å². The molecule has 3 rings (SSSR count). The number of para-hydroxylation sites is 1. The monoisotopic (exact) mass is 327 g/mol. The second kappa shape index (κ2) is 7.99. The fourth-order valence-electron chi connectivity index (χ4n) is 3.26. The van der Waals surface area contributed by atoms with Crippen LogP contribution in [0.2, 0.25) is 0 Å². The molecule has 5 heteroatoms. The molecular weight excluding hydrogens is 302 g/mol. The summed E-state index contributed by atoms with van der Waals surface area (Å²) in [5.74, 6) is 0.905. The van der Waals surface area contributed by atoms with Crippen LogP contribution in [0, 0.1) is 5.92 Å². The number of carbonyl (C=O) groups excluding carboxylic acids is 1. The average molecular weight is 327 g/mol. The van der Waals surface area contributed by atoms with Gasteiger partial charge in [-0.3, -0.25) is 4.79 Å². The van der Waals surface area contributed by atoms with E-state index in [-0.39, 0.29) is 17.9 Å². The molecule has 3 atom stereocenters. The minimum atomic E-state index is -0.0576. The third-order valence-corrected chi connectivity index (χ3v) is 4.73. The molecule has 1 aromatic carbocycles. The minimum absolute atomic E-state index is 0.0576. The SMILES string of the molecule is CC(CCOc1ccccc1)C(=O)NC1CCCC1n1ccnc1. The van der Waals surface area contributed by atoms with Crippen molar-refractivity contribution in [1.82, 2.24) is 14.9 Å². The van der Waals surface area contributed by atoms with Gasteiger partial charge in [-0.1, -0.05) is 25.1 Å². The first kappa shape index (κ1) is 16.6. The van der Waals surface area contributed by atoms with Gasteiger partial charge in [0.2, 0.25) is 5.91 Å². The molecule has 1 aliphatic rings. The average Bonchev–Trinajstić information content (AvgIpc) is 3.26. The van der Waals surface area contributed by atoms with Crippen LogP contribution in [0.25, 0.3) is 0 Å². The zero-order valence-corrected chi connectivity index (χ0v) is 14.1. The Morgan fingerprint density at radius 2 is 2.21 bits per heavy atom. The van der Waals surface area contributed by atoms with Gasteiger partial charge in [0.05, 0.1) is 19.0 Å². The maximum atomic E-state index is 12.5. The smallest absolute Gasteiger partial charge is 0.223 e. The molecule has 128 valence electrons. The Morgan fingerprint density at radius 3 is 2.96 bits per heavy atom. The normalized spacial score (nSPS) is 21.4. The van der Waals surface area contributed by atoms with Gasteiger partial charge in [0.25, 0.3) is 0 Å². The van der Waals surface area contributed by atoms with Gasteiger partial charge in [-0.2, -0.15) is 0 Å². The lowest BCUT2D eigenvalue weighted by Crippen LogP contribution is -2.41. The van der Waals surface area contributed by atoms with Crippen LogP contribution >= 0.6 is 0 Å². The van der Waals surface area contributed by atoms with E-state index in [2.05, 4.69) is 14.9 Å². The maximum Gasteiger partial charge on any atom is 0.223 e. The zero-order chi connectivity index (χ0) is 16.8. The molecule has 0 aliphatic heterocycles. The number of hydrogen-bond acceptors (Lipinski definition) is 3. The van der Waals surface area contributed by atoms with Crippen LogP contribution in [-0.2, 0) is 4.79 Å². The third kappa shape index (κ3) is 4.16. The van der Waals surface area contributed by atoms with Crippen molar-refractivity contribution in [2.24, 2.45) is 5.92 Å². The van der Waals surface area contributed by atoms with Crippen molar-refractivity contribution >= 4 is 5.91 Å². The van der Waals surface area contributed by atoms with Crippen LogP contribution in [0.3, 0.4) is 0 Å². The Morgan fingerprint density at radius 1 is 1.38 bits per heavy atom. The van der Waals surface area contributed by atoms with E-state index >= 15 is 0 Å². The zero-order valence-electron chi connectivity index (χ0n) is 14.1. The summed E-state index contributed by atoms with van der Waals surface area (Å²) in [5.41, 5.74) is 0. The highest BCUT2D eigenvalue weighted by atomic mass is 16.5. The summed E-state index contributed by atoms with van der Waals surface area (Å²) in [6, 6.07) is 10.2. The van der Waals surface area contributed by atoms with Crippen LogP contribution < -0.4 is 10.1 Å². The predicted octanol–water partition coefficient (Wildman–Crippen LogP) is 3.20. The van der Waals surface area contributed by atoms with Gasteiger partial charge in [0.15, 0.2) is 0 Å². The van der Waals surface area contributed by atoms with Crippen molar-refractivity contribution in [3.05, 3.63) is 49.1 Å². The molecule has 1 amide bonds. The topological polar surface area (TPSA) is 56.1 Å². The number of carbonyl (C=O) groups is 1. The quantitative estimate of drug-likeness (QED) is 0.849. The van der Waals surface area contributed by atoms with Crippen molar-refractivity contribution < 1.29 is 9.53 Å². The molecule has 24 heavy (non-hydrogen) atoms. The number of aromatic nitrogens is 2. The van der Waals surface area contributed by atoms with Crippen LogP contribution in [-0.4, -0.2) is 28.1 Å². The van der Waals surface area contributed by atoms with Crippen LogP contribution in [0.1, 0.15) is 38.6 Å². The molecule has 1 N–H and O–H groups in total. The summed E-state index contributed by atoms with van der Waals surface area (Å²) < 4.78 is 7.80. The van der Waals surface area contributed by atoms with E-state index in [4.69, 9.17) is 4.74 Å². The molecule has 3 unspecified atom stereocenters. The summed E-state index contributed by atoms with van der Waals surface area (Å²) in [6.45, 7) is 2.51. The number of imidazole rings is 1. The summed E-state index contributed by atoms with van der Waals surface area (Å²) >= 11 is 0. The molecule has 1 aliphatic carbocycles. The number of rotatable bonds is 7. The first-order valence-corrected chi connectivity index (χ1v) is 8.69. The van der Waals surface area contributed by atoms with E-state index in [1.165, 1.54) is 0 Å². The highest BCUT2D eigenvalue weighted by Gasteiger charge is 2.30. The van der Waals surface area contributed by atoms with Gasteiger partial charge >= 0.3 is 0 Å². The number of amides is 1. The molecule has 0 bridgehead atoms. The lowest BCUT2D eigenvalue weighted by molar-refractivity contribution is -0.125. The van der Waals surface area contributed by atoms with E-state index in [0.717, 1.165) is 25.0 Å². The number of nitrogens with zero attached hydrogens (tertiary/aromatic N) is 2. The second-order valence-corrected chi connectivity index (χ2v) is 6.47. The van der Waals surface area contributed by atoms with Crippen molar-refractivity contribution in [3.63, 3.8) is 0 Å². The minimum Gasteiger partial charge on any atom is -0.494 e. The highest BCUT2D eigenvalue weighted by Crippen LogP contribution is 2.30. The Bertz CT molecular complexity index is 627. The number of hydrogen-bond donors (Lipinski definition) is 1. The maximum absolute atomic E-state index is 12.5. The molecule has 0 radical (unpaired) electrons. The lowest BCUT2D eigenvalue weighted by atomic mass is 10.1.